The van der Waals surface area contributed by atoms with E-state index in [2.05, 4.69) is 209 Å². The molecule has 6 nitrogen and oxygen atoms in total. The molecular formula is C43H48N6Pt. The third-order valence-corrected chi connectivity index (χ3v) is 14.0. The normalized spacial score (nSPS) is 18.0. The van der Waals surface area contributed by atoms with Gasteiger partial charge < -0.3 is 0 Å². The predicted octanol–water partition coefficient (Wildman–Crippen LogP) is 9.53. The third-order valence-electron chi connectivity index (χ3n) is 10.3. The number of benzene rings is 4. The number of rotatable bonds is 1. The van der Waals surface area contributed by atoms with E-state index in [1.165, 1.54) is 41.9 Å². The summed E-state index contributed by atoms with van der Waals surface area (Å²) in [5.41, 5.74) is 12.0. The molecule has 0 atom stereocenters. The molecule has 4 heterocycles. The summed E-state index contributed by atoms with van der Waals surface area (Å²) in [6.07, 6.45) is 8.83. The van der Waals surface area contributed by atoms with Crippen molar-refractivity contribution >= 4 is 42.4 Å². The molecule has 4 aromatic rings. The maximum absolute atomic E-state index is 2.58. The molecule has 0 saturated carbocycles. The van der Waals surface area contributed by atoms with Crippen molar-refractivity contribution in [3.05, 3.63) is 132 Å². The summed E-state index contributed by atoms with van der Waals surface area (Å²) in [5.74, 6) is 0. The van der Waals surface area contributed by atoms with Crippen LogP contribution in [0.5, 0.6) is 0 Å². The summed E-state index contributed by atoms with van der Waals surface area (Å²) in [4.78, 5) is 9.38. The van der Waals surface area contributed by atoms with Gasteiger partial charge in [0.1, 0.15) is 0 Å². The van der Waals surface area contributed by atoms with Crippen LogP contribution < -0.4 is 19.8 Å². The quantitative estimate of drug-likeness (QED) is 0.189. The fourth-order valence-electron chi connectivity index (χ4n) is 7.67. The summed E-state index contributed by atoms with van der Waals surface area (Å²) in [5, 5.41) is 5.08. The Bertz CT molecular complexity index is 2030. The van der Waals surface area contributed by atoms with Gasteiger partial charge in [-0.05, 0) is 0 Å². The first-order valence-electron chi connectivity index (χ1n) is 17.5. The molecule has 0 aliphatic carbocycles. The topological polar surface area (TPSA) is 19.4 Å². The zero-order valence-electron chi connectivity index (χ0n) is 30.9. The molecule has 0 unspecified atom stereocenters. The number of hydrogen-bond acceptors (Lipinski definition) is 6. The second-order valence-corrected chi connectivity index (χ2v) is 18.9. The Morgan fingerprint density at radius 3 is 1.32 bits per heavy atom. The van der Waals surface area contributed by atoms with Gasteiger partial charge in [-0.15, -0.1) is 0 Å². The molecule has 0 N–H and O–H groups in total. The first-order valence-corrected chi connectivity index (χ1v) is 19.7. The minimum absolute atomic E-state index is 0.0999. The Morgan fingerprint density at radius 1 is 0.500 bits per heavy atom. The molecule has 0 radical (unpaired) electrons. The van der Waals surface area contributed by atoms with Crippen molar-refractivity contribution in [3.63, 3.8) is 0 Å². The number of para-hydroxylation sites is 2. The molecule has 50 heavy (non-hydrogen) atoms. The Balaban J connectivity index is 1.51. The van der Waals surface area contributed by atoms with E-state index in [1.807, 2.05) is 0 Å². The molecule has 8 rings (SSSR count). The molecule has 4 bridgehead atoms. The van der Waals surface area contributed by atoms with E-state index >= 15 is 0 Å². The average molecular weight is 844 g/mol. The van der Waals surface area contributed by atoms with E-state index in [4.69, 9.17) is 0 Å². The molecule has 0 amide bonds. The Kier molecular flexibility index (Phi) is 7.41. The average Bonchev–Trinajstić information content (AvgIpc) is 3.62. The molecule has 0 aromatic heterocycles. The molecule has 0 fully saturated rings. The van der Waals surface area contributed by atoms with Crippen molar-refractivity contribution < 1.29 is 17.6 Å². The molecule has 260 valence electrons. The molecule has 0 spiro atoms. The van der Waals surface area contributed by atoms with E-state index < -0.39 is 17.6 Å². The molecule has 7 heteroatoms. The van der Waals surface area contributed by atoms with Gasteiger partial charge in [0.2, 0.25) is 0 Å². The van der Waals surface area contributed by atoms with Crippen LogP contribution in [-0.2, 0) is 33.9 Å². The van der Waals surface area contributed by atoms with Crippen LogP contribution in [-0.4, -0.2) is 32.2 Å². The standard InChI is InChI=1S/C43H48N6.Pt/c1-41(2,3)35-19-13-21-37-39(35)49(40-36(42(4,5)6)20-14-22-38(40)43(37,7)8)48(33-17-11-15-31(27-33)46-25-23-44(9)29-46)34-18-12-16-32(28-34)47-26-24-45(10)30-47;/h11-28H,1-10H3;. The molecule has 4 aliphatic rings. The van der Waals surface area contributed by atoms with Crippen molar-refractivity contribution in [3.8, 4) is 0 Å². The maximum atomic E-state index is 2.58. The van der Waals surface area contributed by atoms with Gasteiger partial charge in [0.15, 0.2) is 0 Å². The number of hydrogen-bond donors (Lipinski definition) is 0. The van der Waals surface area contributed by atoms with Gasteiger partial charge in [-0.1, -0.05) is 0 Å². The monoisotopic (exact) mass is 843 g/mol. The molecule has 4 aromatic carbocycles. The first kappa shape index (κ1) is 32.8. The SMILES string of the molecule is CN1C=CN2[C]1=[Pt]=[C]1N(C)C=CN1c1cccc(c1)N(N1c3c(C(C)(C)C)cccc3C(C)(C)c3cccc(C(C)(C)C)c31)c1cccc2c1. The van der Waals surface area contributed by atoms with Gasteiger partial charge >= 0.3 is 307 Å². The molecular weight excluding hydrogens is 796 g/mol. The van der Waals surface area contributed by atoms with Crippen LogP contribution in [0.15, 0.2) is 110 Å². The van der Waals surface area contributed by atoms with Crippen molar-refractivity contribution in [2.24, 2.45) is 0 Å². The van der Waals surface area contributed by atoms with Crippen LogP contribution in [0.25, 0.3) is 0 Å². The molecule has 4 aliphatic heterocycles. The van der Waals surface area contributed by atoms with Crippen molar-refractivity contribution in [1.82, 2.24) is 9.80 Å². The Labute approximate surface area is 306 Å². The van der Waals surface area contributed by atoms with E-state index in [0.29, 0.717) is 0 Å². The summed E-state index contributed by atoms with van der Waals surface area (Å²) in [6.45, 7) is 18.9. The number of hydrazine groups is 1. The summed E-state index contributed by atoms with van der Waals surface area (Å²) >= 11 is -0.552. The van der Waals surface area contributed by atoms with Gasteiger partial charge in [0.25, 0.3) is 0 Å². The number of anilines is 6. The number of nitrogens with zero attached hydrogens (tertiary/aromatic N) is 6. The van der Waals surface area contributed by atoms with E-state index in [9.17, 15) is 0 Å². The zero-order valence-corrected chi connectivity index (χ0v) is 33.2. The fourth-order valence-corrected chi connectivity index (χ4v) is 10.7. The zero-order chi connectivity index (χ0) is 35.3. The third kappa shape index (κ3) is 5.01. The van der Waals surface area contributed by atoms with Crippen LogP contribution in [0.1, 0.15) is 77.6 Å². The minimum atomic E-state index is -0.552. The Morgan fingerprint density at radius 2 is 0.900 bits per heavy atom. The second-order valence-electron chi connectivity index (χ2n) is 16.3. The number of fused-ring (bicyclic) bond motifs is 10. The second kappa shape index (κ2) is 11.3. The molecule has 0 saturated heterocycles. The predicted molar refractivity (Wildman–Crippen MR) is 208 cm³/mol. The van der Waals surface area contributed by atoms with E-state index in [1.54, 1.807) is 0 Å². The van der Waals surface area contributed by atoms with Crippen LogP contribution in [0, 0.1) is 0 Å². The summed E-state index contributed by atoms with van der Waals surface area (Å²) in [7, 11) is 4.35. The van der Waals surface area contributed by atoms with Gasteiger partial charge in [0, 0.05) is 0 Å². The van der Waals surface area contributed by atoms with Crippen LogP contribution in [0.2, 0.25) is 0 Å². The van der Waals surface area contributed by atoms with Gasteiger partial charge in [0.05, 0.1) is 0 Å². The van der Waals surface area contributed by atoms with Gasteiger partial charge in [-0.2, -0.15) is 0 Å². The van der Waals surface area contributed by atoms with Gasteiger partial charge in [-0.3, -0.25) is 0 Å². The fraction of sp³-hybridized carbons (Fsp3) is 0.302. The van der Waals surface area contributed by atoms with Crippen LogP contribution in [0.4, 0.5) is 34.1 Å². The van der Waals surface area contributed by atoms with Crippen molar-refractivity contribution in [2.45, 2.75) is 71.6 Å². The van der Waals surface area contributed by atoms with Crippen molar-refractivity contribution in [2.75, 3.05) is 33.9 Å². The summed E-state index contributed by atoms with van der Waals surface area (Å²) in [6, 6.07) is 32.2. The van der Waals surface area contributed by atoms with Crippen LogP contribution >= 0.6 is 0 Å². The first-order chi connectivity index (χ1) is 23.7. The van der Waals surface area contributed by atoms with Crippen LogP contribution in [0.3, 0.4) is 0 Å². The Hall–Kier alpha value is -4.41. The van der Waals surface area contributed by atoms with E-state index in [-0.39, 0.29) is 16.2 Å². The van der Waals surface area contributed by atoms with E-state index in [0.717, 1.165) is 22.7 Å². The van der Waals surface area contributed by atoms with Gasteiger partial charge in [-0.25, -0.2) is 0 Å². The summed E-state index contributed by atoms with van der Waals surface area (Å²) < 4.78 is 2.64. The van der Waals surface area contributed by atoms with Crippen molar-refractivity contribution in [1.29, 1.82) is 0 Å².